The van der Waals surface area contributed by atoms with Crippen molar-refractivity contribution < 1.29 is 33.4 Å². The molecule has 0 fully saturated rings. The van der Waals surface area contributed by atoms with Crippen LogP contribution in [0.3, 0.4) is 0 Å². The van der Waals surface area contributed by atoms with Gasteiger partial charge in [0.1, 0.15) is 11.5 Å². The van der Waals surface area contributed by atoms with Gasteiger partial charge in [0.2, 0.25) is 4.90 Å². The van der Waals surface area contributed by atoms with E-state index >= 15 is 0 Å². The maximum absolute atomic E-state index is 12.2. The monoisotopic (exact) mass is 342 g/mol. The lowest BCUT2D eigenvalue weighted by Gasteiger charge is -2.39. The molecule has 7 nitrogen and oxygen atoms in total. The van der Waals surface area contributed by atoms with Gasteiger partial charge in [-0.3, -0.25) is 9.13 Å². The Hall–Kier alpha value is -1.46. The number of hydrogen-bond donors (Lipinski definition) is 4. The molecule has 4 N–H and O–H groups in total. The van der Waals surface area contributed by atoms with Gasteiger partial charge in [-0.05, 0) is 12.1 Å². The minimum absolute atomic E-state index is 0.00727. The fraction of sp³-hybridized carbons (Fsp3) is 0.0769. The van der Waals surface area contributed by atoms with Crippen LogP contribution in [0.25, 0.3) is 0 Å². The highest BCUT2D eigenvalue weighted by Crippen LogP contribution is 2.80. The third-order valence-corrected chi connectivity index (χ3v) is 7.80. The summed E-state index contributed by atoms with van der Waals surface area (Å²) >= 11 is 0. The number of ether oxygens (including phenoxy) is 1. The maximum Gasteiger partial charge on any atom is 0.353 e. The second-order valence-electron chi connectivity index (χ2n) is 4.85. The van der Waals surface area contributed by atoms with Crippen molar-refractivity contribution in [3.8, 4) is 11.5 Å². The molecule has 0 saturated heterocycles. The summed E-state index contributed by atoms with van der Waals surface area (Å²) in [5.41, 5.74) is -0.453. The molecular formula is C13H12O7P2. The zero-order valence-corrected chi connectivity index (χ0v) is 12.8. The molecule has 0 amide bonds. The first-order valence-corrected chi connectivity index (χ1v) is 9.40. The van der Waals surface area contributed by atoms with Crippen molar-refractivity contribution in [1.82, 2.24) is 0 Å². The highest BCUT2D eigenvalue weighted by atomic mass is 31.2. The van der Waals surface area contributed by atoms with Crippen LogP contribution >= 0.6 is 15.2 Å². The zero-order valence-electron chi connectivity index (χ0n) is 11.0. The molecule has 0 bridgehead atoms. The highest BCUT2D eigenvalue weighted by Gasteiger charge is 2.66. The average Bonchev–Trinajstić information content (AvgIpc) is 2.41. The second-order valence-corrected chi connectivity index (χ2v) is 8.73. The third kappa shape index (κ3) is 1.92. The number of hydrogen-bond acceptors (Lipinski definition) is 3. The van der Waals surface area contributed by atoms with Gasteiger partial charge in [0, 0.05) is 11.1 Å². The number of benzene rings is 2. The van der Waals surface area contributed by atoms with E-state index in [1.807, 2.05) is 0 Å². The van der Waals surface area contributed by atoms with Crippen LogP contribution in [0.2, 0.25) is 0 Å². The van der Waals surface area contributed by atoms with Crippen molar-refractivity contribution in [2.75, 3.05) is 0 Å². The molecule has 1 heterocycles. The van der Waals surface area contributed by atoms with Crippen LogP contribution in [-0.2, 0) is 14.0 Å². The Bertz CT molecular complexity index is 766. The summed E-state index contributed by atoms with van der Waals surface area (Å²) < 4.78 is 30.0. The molecule has 0 spiro atoms. The van der Waals surface area contributed by atoms with Crippen molar-refractivity contribution in [3.63, 3.8) is 0 Å². The van der Waals surface area contributed by atoms with Gasteiger partial charge in [-0.15, -0.1) is 0 Å². The predicted octanol–water partition coefficient (Wildman–Crippen LogP) is 2.35. The molecule has 0 unspecified atom stereocenters. The normalized spacial score (nSPS) is 16.4. The lowest BCUT2D eigenvalue weighted by Crippen LogP contribution is -2.31. The highest BCUT2D eigenvalue weighted by molar-refractivity contribution is 7.72. The lowest BCUT2D eigenvalue weighted by molar-refractivity contribution is 0.310. The molecule has 1 aliphatic heterocycles. The summed E-state index contributed by atoms with van der Waals surface area (Å²) in [5, 5.41) is 0. The second kappa shape index (κ2) is 4.77. The van der Waals surface area contributed by atoms with E-state index in [0.29, 0.717) is 0 Å². The molecular weight excluding hydrogens is 330 g/mol. The predicted molar refractivity (Wildman–Crippen MR) is 77.8 cm³/mol. The van der Waals surface area contributed by atoms with Crippen LogP contribution in [0.1, 0.15) is 11.1 Å². The van der Waals surface area contributed by atoms with Crippen molar-refractivity contribution in [1.29, 1.82) is 0 Å². The van der Waals surface area contributed by atoms with E-state index in [4.69, 9.17) is 4.74 Å². The first-order chi connectivity index (χ1) is 10.2. The minimum atomic E-state index is -5.30. The summed E-state index contributed by atoms with van der Waals surface area (Å²) in [4.78, 5) is 36.8. The lowest BCUT2D eigenvalue weighted by atomic mass is 9.99. The number of para-hydroxylation sites is 2. The van der Waals surface area contributed by atoms with E-state index in [0.717, 1.165) is 0 Å². The van der Waals surface area contributed by atoms with Gasteiger partial charge in [-0.1, -0.05) is 36.4 Å². The summed E-state index contributed by atoms with van der Waals surface area (Å²) in [7, 11) is -10.6. The molecule has 22 heavy (non-hydrogen) atoms. The number of fused-ring (bicyclic) bond motifs is 2. The smallest absolute Gasteiger partial charge is 0.353 e. The van der Waals surface area contributed by atoms with E-state index in [1.165, 1.54) is 36.4 Å². The topological polar surface area (TPSA) is 124 Å². The van der Waals surface area contributed by atoms with E-state index in [9.17, 15) is 28.7 Å². The van der Waals surface area contributed by atoms with Crippen LogP contribution in [-0.4, -0.2) is 19.6 Å². The average molecular weight is 342 g/mol. The molecule has 1 aliphatic rings. The molecule has 2 aromatic carbocycles. The molecule has 0 saturated carbocycles. The van der Waals surface area contributed by atoms with Crippen molar-refractivity contribution >= 4 is 15.2 Å². The molecule has 0 atom stereocenters. The van der Waals surface area contributed by atoms with Gasteiger partial charge in [-0.25, -0.2) is 0 Å². The SMILES string of the molecule is O=P(O)(O)C1(P(=O)(O)O)c2ccccc2Oc2ccccc21. The Kier molecular flexibility index (Phi) is 3.34. The Balaban J connectivity index is 2.54. The van der Waals surface area contributed by atoms with Gasteiger partial charge in [0.25, 0.3) is 0 Å². The standard InChI is InChI=1S/C13H12O7P2/c14-21(15,16)13(22(17,18)19)9-5-1-3-7-11(9)20-12-8-4-2-6-10(12)13/h1-8H,(H2,14,15,16)(H2,17,18,19). The van der Waals surface area contributed by atoms with E-state index < -0.39 is 20.1 Å². The van der Waals surface area contributed by atoms with Gasteiger partial charge in [0.15, 0.2) is 0 Å². The molecule has 0 radical (unpaired) electrons. The summed E-state index contributed by atoms with van der Waals surface area (Å²) in [6.45, 7) is 0. The molecule has 116 valence electrons. The molecule has 0 aliphatic carbocycles. The van der Waals surface area contributed by atoms with Gasteiger partial charge >= 0.3 is 15.2 Å². The maximum atomic E-state index is 12.2. The van der Waals surface area contributed by atoms with Crippen LogP contribution in [0.15, 0.2) is 48.5 Å². The summed E-state index contributed by atoms with van der Waals surface area (Å²) in [6.07, 6.45) is 0. The molecule has 2 aromatic rings. The Labute approximate surface area is 125 Å². The summed E-state index contributed by atoms with van der Waals surface area (Å²) in [6, 6.07) is 11.3. The molecule has 9 heteroatoms. The van der Waals surface area contributed by atoms with E-state index in [2.05, 4.69) is 0 Å². The van der Waals surface area contributed by atoms with Crippen LogP contribution in [0, 0.1) is 0 Å². The van der Waals surface area contributed by atoms with Crippen LogP contribution in [0.4, 0.5) is 0 Å². The Morgan fingerprint density at radius 1 is 0.727 bits per heavy atom. The van der Waals surface area contributed by atoms with E-state index in [-0.39, 0.29) is 22.6 Å². The van der Waals surface area contributed by atoms with Crippen molar-refractivity contribution in [2.24, 2.45) is 0 Å². The number of rotatable bonds is 2. The van der Waals surface area contributed by atoms with Crippen molar-refractivity contribution in [3.05, 3.63) is 59.7 Å². The van der Waals surface area contributed by atoms with E-state index in [1.54, 1.807) is 12.1 Å². The molecule has 3 rings (SSSR count). The summed E-state index contributed by atoms with van der Waals surface area (Å²) in [5.74, 6) is 0.0145. The zero-order chi connectivity index (χ0) is 16.2. The van der Waals surface area contributed by atoms with Crippen molar-refractivity contribution in [2.45, 2.75) is 4.90 Å². The fourth-order valence-corrected chi connectivity index (χ4v) is 6.10. The largest absolute Gasteiger partial charge is 0.457 e. The van der Waals surface area contributed by atoms with Crippen LogP contribution in [0.5, 0.6) is 11.5 Å². The van der Waals surface area contributed by atoms with Gasteiger partial charge < -0.3 is 24.3 Å². The Morgan fingerprint density at radius 3 is 1.45 bits per heavy atom. The van der Waals surface area contributed by atoms with Gasteiger partial charge in [-0.2, -0.15) is 0 Å². The third-order valence-electron chi connectivity index (χ3n) is 3.59. The first kappa shape index (κ1) is 15.4. The first-order valence-electron chi connectivity index (χ1n) is 6.18. The van der Waals surface area contributed by atoms with Gasteiger partial charge in [0.05, 0.1) is 0 Å². The fourth-order valence-electron chi connectivity index (χ4n) is 2.75. The van der Waals surface area contributed by atoms with Crippen LogP contribution < -0.4 is 4.74 Å². The Morgan fingerprint density at radius 2 is 1.09 bits per heavy atom. The quantitative estimate of drug-likeness (QED) is 0.618. The minimum Gasteiger partial charge on any atom is -0.457 e. The molecule has 0 aromatic heterocycles.